The fraction of sp³-hybridized carbons (Fsp3) is 0.412. The number of aromatic nitrogens is 2. The van der Waals surface area contributed by atoms with Gasteiger partial charge in [0.2, 0.25) is 0 Å². The van der Waals surface area contributed by atoms with Gasteiger partial charge >= 0.3 is 5.97 Å². The highest BCUT2D eigenvalue weighted by molar-refractivity contribution is 5.91. The number of ether oxygens (including phenoxy) is 1. The SMILES string of the molecule is CCOC(=O)c1cc(-n2nc(C(C)(C)C)cc2N)ccc1C. The lowest BCUT2D eigenvalue weighted by molar-refractivity contribution is 0.0525. The largest absolute Gasteiger partial charge is 0.462 e. The maximum Gasteiger partial charge on any atom is 0.338 e. The van der Waals surface area contributed by atoms with Crippen molar-refractivity contribution in [1.29, 1.82) is 0 Å². The summed E-state index contributed by atoms with van der Waals surface area (Å²) in [4.78, 5) is 12.0. The number of carbonyl (C=O) groups excluding carboxylic acids is 1. The van der Waals surface area contributed by atoms with E-state index >= 15 is 0 Å². The van der Waals surface area contributed by atoms with Gasteiger partial charge in [-0.05, 0) is 31.5 Å². The number of aryl methyl sites for hydroxylation is 1. The van der Waals surface area contributed by atoms with Crippen molar-refractivity contribution in [3.63, 3.8) is 0 Å². The Labute approximate surface area is 131 Å². The minimum absolute atomic E-state index is 0.0892. The van der Waals surface area contributed by atoms with Crippen molar-refractivity contribution in [3.8, 4) is 5.69 Å². The Kier molecular flexibility index (Phi) is 4.26. The van der Waals surface area contributed by atoms with Gasteiger partial charge in [-0.3, -0.25) is 0 Å². The van der Waals surface area contributed by atoms with E-state index in [0.717, 1.165) is 16.9 Å². The summed E-state index contributed by atoms with van der Waals surface area (Å²) in [7, 11) is 0. The van der Waals surface area contributed by atoms with Gasteiger partial charge in [0.05, 0.1) is 23.6 Å². The Morgan fingerprint density at radius 2 is 2.00 bits per heavy atom. The molecule has 2 rings (SSSR count). The molecule has 1 heterocycles. The molecule has 0 fully saturated rings. The van der Waals surface area contributed by atoms with Crippen LogP contribution in [0.2, 0.25) is 0 Å². The van der Waals surface area contributed by atoms with Gasteiger partial charge in [-0.15, -0.1) is 0 Å². The van der Waals surface area contributed by atoms with Crippen LogP contribution in [0.4, 0.5) is 5.82 Å². The average Bonchev–Trinajstić information content (AvgIpc) is 2.82. The van der Waals surface area contributed by atoms with Crippen LogP contribution in [0.25, 0.3) is 5.69 Å². The fourth-order valence-corrected chi connectivity index (χ4v) is 2.14. The predicted molar refractivity (Wildman–Crippen MR) is 87.4 cm³/mol. The Bertz CT molecular complexity index is 696. The molecule has 0 atom stereocenters. The molecule has 0 amide bonds. The summed E-state index contributed by atoms with van der Waals surface area (Å²) in [6, 6.07) is 7.40. The monoisotopic (exact) mass is 301 g/mol. The second kappa shape index (κ2) is 5.83. The second-order valence-corrected chi connectivity index (χ2v) is 6.34. The van der Waals surface area contributed by atoms with Crippen LogP contribution in [0, 0.1) is 6.92 Å². The molecule has 1 aromatic heterocycles. The maximum absolute atomic E-state index is 12.0. The number of anilines is 1. The van der Waals surface area contributed by atoms with Gasteiger partial charge in [-0.2, -0.15) is 5.10 Å². The third-order valence-electron chi connectivity index (χ3n) is 3.47. The molecule has 5 nitrogen and oxygen atoms in total. The Morgan fingerprint density at radius 3 is 2.55 bits per heavy atom. The van der Waals surface area contributed by atoms with Crippen molar-refractivity contribution in [2.24, 2.45) is 0 Å². The molecular formula is C17H23N3O2. The van der Waals surface area contributed by atoms with Crippen LogP contribution < -0.4 is 5.73 Å². The fourth-order valence-electron chi connectivity index (χ4n) is 2.14. The third kappa shape index (κ3) is 3.13. The summed E-state index contributed by atoms with van der Waals surface area (Å²) in [5.74, 6) is 0.215. The van der Waals surface area contributed by atoms with Crippen molar-refractivity contribution in [2.75, 3.05) is 12.3 Å². The molecule has 0 aliphatic rings. The second-order valence-electron chi connectivity index (χ2n) is 6.34. The first kappa shape index (κ1) is 16.1. The zero-order chi connectivity index (χ0) is 16.5. The molecule has 0 spiro atoms. The van der Waals surface area contributed by atoms with E-state index in [1.165, 1.54) is 0 Å². The number of hydrogen-bond acceptors (Lipinski definition) is 4. The highest BCUT2D eigenvalue weighted by Gasteiger charge is 2.20. The molecule has 2 aromatic rings. The molecule has 5 heteroatoms. The lowest BCUT2D eigenvalue weighted by Gasteiger charge is -2.14. The summed E-state index contributed by atoms with van der Waals surface area (Å²) in [5.41, 5.74) is 9.04. The lowest BCUT2D eigenvalue weighted by Crippen LogP contribution is -2.13. The van der Waals surface area contributed by atoms with Crippen LogP contribution in [-0.2, 0) is 10.2 Å². The zero-order valence-corrected chi connectivity index (χ0v) is 13.8. The molecule has 0 radical (unpaired) electrons. The van der Waals surface area contributed by atoms with E-state index in [-0.39, 0.29) is 11.4 Å². The van der Waals surface area contributed by atoms with E-state index < -0.39 is 0 Å². The van der Waals surface area contributed by atoms with Gasteiger partial charge in [0.15, 0.2) is 0 Å². The summed E-state index contributed by atoms with van der Waals surface area (Å²) in [5, 5.41) is 4.57. The summed E-state index contributed by atoms with van der Waals surface area (Å²) < 4.78 is 6.74. The molecular weight excluding hydrogens is 278 g/mol. The predicted octanol–water partition coefficient (Wildman–Crippen LogP) is 3.24. The maximum atomic E-state index is 12.0. The first-order chi connectivity index (χ1) is 10.2. The molecule has 1 aromatic carbocycles. The van der Waals surface area contributed by atoms with Gasteiger partial charge in [-0.1, -0.05) is 26.8 Å². The Hall–Kier alpha value is -2.30. The lowest BCUT2D eigenvalue weighted by atomic mass is 9.92. The molecule has 22 heavy (non-hydrogen) atoms. The molecule has 118 valence electrons. The van der Waals surface area contributed by atoms with E-state index in [4.69, 9.17) is 10.5 Å². The number of hydrogen-bond donors (Lipinski definition) is 1. The molecule has 2 N–H and O–H groups in total. The number of benzene rings is 1. The first-order valence-electron chi connectivity index (χ1n) is 7.38. The van der Waals surface area contributed by atoms with Crippen molar-refractivity contribution >= 4 is 11.8 Å². The van der Waals surface area contributed by atoms with Crippen LogP contribution in [0.3, 0.4) is 0 Å². The van der Waals surface area contributed by atoms with Crippen LogP contribution in [0.1, 0.15) is 49.3 Å². The number of esters is 1. The highest BCUT2D eigenvalue weighted by atomic mass is 16.5. The summed E-state index contributed by atoms with van der Waals surface area (Å²) >= 11 is 0. The van der Waals surface area contributed by atoms with Gasteiger partial charge in [0.25, 0.3) is 0 Å². The Morgan fingerprint density at radius 1 is 1.32 bits per heavy atom. The quantitative estimate of drug-likeness (QED) is 0.884. The molecule has 0 saturated carbocycles. The summed E-state index contributed by atoms with van der Waals surface area (Å²) in [6.07, 6.45) is 0. The molecule has 0 aliphatic carbocycles. The van der Waals surface area contributed by atoms with Gasteiger partial charge < -0.3 is 10.5 Å². The molecule has 0 bridgehead atoms. The van der Waals surface area contributed by atoms with Crippen LogP contribution in [-0.4, -0.2) is 22.4 Å². The number of nitrogens with two attached hydrogens (primary N) is 1. The average molecular weight is 301 g/mol. The number of nitrogens with zero attached hydrogens (tertiary/aromatic N) is 2. The minimum Gasteiger partial charge on any atom is -0.462 e. The van der Waals surface area contributed by atoms with E-state index in [9.17, 15) is 4.79 Å². The van der Waals surface area contributed by atoms with Gasteiger partial charge in [0.1, 0.15) is 5.82 Å². The number of nitrogen functional groups attached to an aromatic ring is 1. The molecule has 0 unspecified atom stereocenters. The van der Waals surface area contributed by atoms with Crippen molar-refractivity contribution in [1.82, 2.24) is 9.78 Å². The van der Waals surface area contributed by atoms with E-state index in [1.54, 1.807) is 17.7 Å². The molecule has 0 saturated heterocycles. The molecule has 0 aliphatic heterocycles. The van der Waals surface area contributed by atoms with Crippen LogP contribution in [0.5, 0.6) is 0 Å². The highest BCUT2D eigenvalue weighted by Crippen LogP contribution is 2.25. The standard InChI is InChI=1S/C17H23N3O2/c1-6-22-16(21)13-9-12(8-7-11(13)2)20-15(18)10-14(19-20)17(3,4)5/h7-10H,6,18H2,1-5H3. The normalized spacial score (nSPS) is 11.5. The van der Waals surface area contributed by atoms with E-state index in [1.807, 2.05) is 25.1 Å². The van der Waals surface area contributed by atoms with Crippen LogP contribution >= 0.6 is 0 Å². The zero-order valence-electron chi connectivity index (χ0n) is 13.8. The number of carbonyl (C=O) groups is 1. The first-order valence-corrected chi connectivity index (χ1v) is 7.38. The third-order valence-corrected chi connectivity index (χ3v) is 3.47. The van der Waals surface area contributed by atoms with Crippen molar-refractivity contribution in [2.45, 2.75) is 40.0 Å². The summed E-state index contributed by atoms with van der Waals surface area (Å²) in [6.45, 7) is 10.3. The van der Waals surface area contributed by atoms with E-state index in [0.29, 0.717) is 18.0 Å². The smallest absolute Gasteiger partial charge is 0.338 e. The van der Waals surface area contributed by atoms with Crippen LogP contribution in [0.15, 0.2) is 24.3 Å². The van der Waals surface area contributed by atoms with Crippen molar-refractivity contribution in [3.05, 3.63) is 41.1 Å². The van der Waals surface area contributed by atoms with Gasteiger partial charge in [0, 0.05) is 11.5 Å². The van der Waals surface area contributed by atoms with Crippen molar-refractivity contribution < 1.29 is 9.53 Å². The number of rotatable bonds is 3. The van der Waals surface area contributed by atoms with Gasteiger partial charge in [-0.25, -0.2) is 9.48 Å². The Balaban J connectivity index is 2.48. The van der Waals surface area contributed by atoms with E-state index in [2.05, 4.69) is 25.9 Å². The minimum atomic E-state index is -0.330. The topological polar surface area (TPSA) is 70.1 Å².